The van der Waals surface area contributed by atoms with Crippen molar-refractivity contribution in [2.24, 2.45) is 0 Å². The summed E-state index contributed by atoms with van der Waals surface area (Å²) in [5.41, 5.74) is 5.33. The molecule has 164 valence electrons. The Bertz CT molecular complexity index is 907. The van der Waals surface area contributed by atoms with Crippen molar-refractivity contribution >= 4 is 0 Å². The lowest BCUT2D eigenvalue weighted by Gasteiger charge is -2.19. The molecule has 2 nitrogen and oxygen atoms in total. The number of hydrogen-bond acceptors (Lipinski definition) is 2. The lowest BCUT2D eigenvalue weighted by atomic mass is 9.89. The van der Waals surface area contributed by atoms with Crippen LogP contribution < -0.4 is 0 Å². The first kappa shape index (κ1) is 23.5. The van der Waals surface area contributed by atoms with Crippen LogP contribution in [-0.2, 0) is 17.9 Å². The molecule has 0 amide bonds. The van der Waals surface area contributed by atoms with Gasteiger partial charge in [-0.3, -0.25) is 0 Å². The van der Waals surface area contributed by atoms with Gasteiger partial charge in [0.2, 0.25) is 0 Å². The van der Waals surface area contributed by atoms with Gasteiger partial charge >= 0.3 is 0 Å². The summed E-state index contributed by atoms with van der Waals surface area (Å²) in [4.78, 5) is 5.39. The van der Waals surface area contributed by atoms with Crippen molar-refractivity contribution in [1.82, 2.24) is 5.06 Å². The van der Waals surface area contributed by atoms with Crippen LogP contribution in [0.3, 0.4) is 0 Å². The third-order valence-corrected chi connectivity index (χ3v) is 5.47. The molecule has 0 fully saturated rings. The summed E-state index contributed by atoms with van der Waals surface area (Å²) < 4.78 is 0. The van der Waals surface area contributed by atoms with E-state index in [2.05, 4.69) is 91.9 Å². The zero-order valence-corrected chi connectivity index (χ0v) is 19.1. The van der Waals surface area contributed by atoms with Gasteiger partial charge in [0.05, 0.1) is 7.11 Å². The zero-order chi connectivity index (χ0) is 22.4. The van der Waals surface area contributed by atoms with Crippen molar-refractivity contribution in [3.63, 3.8) is 0 Å². The summed E-state index contributed by atoms with van der Waals surface area (Å²) in [7, 11) is 1.71. The highest BCUT2D eigenvalue weighted by molar-refractivity contribution is 5.31. The molecule has 4 aromatic rings. The third kappa shape index (κ3) is 7.49. The van der Waals surface area contributed by atoms with E-state index in [9.17, 15) is 0 Å². The SMILES string of the molecule is CCC(c1ccccc1)c1ccccc1.CON(Cc1ccccc1)Cc1ccccc1. The maximum Gasteiger partial charge on any atom is 0.0575 e. The average molecular weight is 424 g/mol. The number of rotatable bonds is 8. The number of benzene rings is 4. The van der Waals surface area contributed by atoms with E-state index in [4.69, 9.17) is 4.84 Å². The van der Waals surface area contributed by atoms with Crippen LogP contribution in [0, 0.1) is 0 Å². The molecule has 4 aromatic carbocycles. The summed E-state index contributed by atoms with van der Waals surface area (Å²) >= 11 is 0. The van der Waals surface area contributed by atoms with E-state index in [1.165, 1.54) is 22.3 Å². The van der Waals surface area contributed by atoms with E-state index in [0.717, 1.165) is 19.5 Å². The van der Waals surface area contributed by atoms with Crippen molar-refractivity contribution in [1.29, 1.82) is 0 Å². The molecular formula is C30H33NO. The van der Waals surface area contributed by atoms with Gasteiger partial charge in [-0.15, -0.1) is 0 Å². The predicted octanol–water partition coefficient (Wildman–Crippen LogP) is 7.48. The Morgan fingerprint density at radius 2 is 0.906 bits per heavy atom. The van der Waals surface area contributed by atoms with Crippen LogP contribution in [0.15, 0.2) is 121 Å². The van der Waals surface area contributed by atoms with E-state index in [0.29, 0.717) is 5.92 Å². The highest BCUT2D eigenvalue weighted by Crippen LogP contribution is 2.27. The first-order valence-corrected chi connectivity index (χ1v) is 11.3. The minimum atomic E-state index is 0.535. The Morgan fingerprint density at radius 3 is 1.22 bits per heavy atom. The molecular weight excluding hydrogens is 390 g/mol. The average Bonchev–Trinajstić information content (AvgIpc) is 2.87. The van der Waals surface area contributed by atoms with E-state index in [-0.39, 0.29) is 0 Å². The fraction of sp³-hybridized carbons (Fsp3) is 0.200. The lowest BCUT2D eigenvalue weighted by molar-refractivity contribution is -0.146. The zero-order valence-electron chi connectivity index (χ0n) is 19.1. The Kier molecular flexibility index (Phi) is 9.72. The fourth-order valence-electron chi connectivity index (χ4n) is 3.79. The van der Waals surface area contributed by atoms with Crippen LogP contribution >= 0.6 is 0 Å². The molecule has 2 heteroatoms. The number of nitrogens with zero attached hydrogens (tertiary/aromatic N) is 1. The van der Waals surface area contributed by atoms with Gasteiger partial charge < -0.3 is 4.84 Å². The quantitative estimate of drug-likeness (QED) is 0.272. The van der Waals surface area contributed by atoms with Crippen LogP contribution in [0.25, 0.3) is 0 Å². The number of hydrogen-bond donors (Lipinski definition) is 0. The molecule has 0 aliphatic heterocycles. The predicted molar refractivity (Wildman–Crippen MR) is 134 cm³/mol. The summed E-state index contributed by atoms with van der Waals surface area (Å²) in [6.45, 7) is 3.84. The molecule has 4 rings (SSSR count). The van der Waals surface area contributed by atoms with Crippen molar-refractivity contribution in [3.05, 3.63) is 144 Å². The van der Waals surface area contributed by atoms with Crippen molar-refractivity contribution < 1.29 is 4.84 Å². The minimum Gasteiger partial charge on any atom is -0.302 e. The molecule has 0 aromatic heterocycles. The molecule has 0 unspecified atom stereocenters. The summed E-state index contributed by atoms with van der Waals surface area (Å²) in [6, 6.07) is 42.1. The van der Waals surface area contributed by atoms with Gasteiger partial charge in [0.15, 0.2) is 0 Å². The van der Waals surface area contributed by atoms with E-state index in [1.54, 1.807) is 7.11 Å². The summed E-state index contributed by atoms with van der Waals surface area (Å²) in [5.74, 6) is 0.535. The highest BCUT2D eigenvalue weighted by Gasteiger charge is 2.10. The fourth-order valence-corrected chi connectivity index (χ4v) is 3.79. The second kappa shape index (κ2) is 13.3. The Morgan fingerprint density at radius 1 is 0.562 bits per heavy atom. The van der Waals surface area contributed by atoms with Gasteiger partial charge in [-0.2, -0.15) is 5.06 Å². The molecule has 0 aliphatic carbocycles. The molecule has 0 heterocycles. The largest absolute Gasteiger partial charge is 0.302 e. The molecule has 0 spiro atoms. The van der Waals surface area contributed by atoms with E-state index < -0.39 is 0 Å². The first-order chi connectivity index (χ1) is 15.8. The van der Waals surface area contributed by atoms with E-state index >= 15 is 0 Å². The maximum atomic E-state index is 5.39. The van der Waals surface area contributed by atoms with Crippen molar-refractivity contribution in [3.8, 4) is 0 Å². The minimum absolute atomic E-state index is 0.535. The molecule has 0 saturated carbocycles. The lowest BCUT2D eigenvalue weighted by Crippen LogP contribution is -2.21. The van der Waals surface area contributed by atoms with Gasteiger partial charge in [-0.05, 0) is 28.7 Å². The second-order valence-corrected chi connectivity index (χ2v) is 7.73. The van der Waals surface area contributed by atoms with Gasteiger partial charge in [0.1, 0.15) is 0 Å². The molecule has 32 heavy (non-hydrogen) atoms. The molecule has 0 saturated heterocycles. The molecule has 0 radical (unpaired) electrons. The standard InChI is InChI=1S/C15H17NO.C15H16/c1-17-16(12-14-8-4-2-5-9-14)13-15-10-6-3-7-11-15;1-2-15(13-9-5-3-6-10-13)14-11-7-4-8-12-14/h2-11H,12-13H2,1H3;3-12,15H,2H2,1H3. The second-order valence-electron chi connectivity index (χ2n) is 7.73. The molecule has 0 bridgehead atoms. The monoisotopic (exact) mass is 423 g/mol. The Labute approximate surface area is 193 Å². The Hall–Kier alpha value is -3.20. The van der Waals surface area contributed by atoms with Crippen molar-refractivity contribution in [2.45, 2.75) is 32.4 Å². The van der Waals surface area contributed by atoms with Gasteiger partial charge in [-0.25, -0.2) is 0 Å². The topological polar surface area (TPSA) is 12.5 Å². The highest BCUT2D eigenvalue weighted by atomic mass is 16.7. The maximum absolute atomic E-state index is 5.39. The molecule has 0 atom stereocenters. The van der Waals surface area contributed by atoms with Crippen LogP contribution in [0.1, 0.15) is 41.5 Å². The van der Waals surface area contributed by atoms with E-state index in [1.807, 2.05) is 41.5 Å². The summed E-state index contributed by atoms with van der Waals surface area (Å²) in [5, 5.41) is 1.95. The van der Waals surface area contributed by atoms with Gasteiger partial charge in [0, 0.05) is 19.0 Å². The van der Waals surface area contributed by atoms with Crippen LogP contribution in [0.4, 0.5) is 0 Å². The van der Waals surface area contributed by atoms with Gasteiger partial charge in [0.25, 0.3) is 0 Å². The van der Waals surface area contributed by atoms with Gasteiger partial charge in [-0.1, -0.05) is 128 Å². The van der Waals surface area contributed by atoms with Crippen LogP contribution in [-0.4, -0.2) is 12.2 Å². The van der Waals surface area contributed by atoms with Crippen LogP contribution in [0.5, 0.6) is 0 Å². The number of hydroxylamine groups is 2. The van der Waals surface area contributed by atoms with Crippen LogP contribution in [0.2, 0.25) is 0 Å². The Balaban J connectivity index is 0.000000182. The smallest absolute Gasteiger partial charge is 0.0575 e. The summed E-state index contributed by atoms with van der Waals surface area (Å²) in [6.07, 6.45) is 1.15. The first-order valence-electron chi connectivity index (χ1n) is 11.3. The van der Waals surface area contributed by atoms with Crippen molar-refractivity contribution in [2.75, 3.05) is 7.11 Å². The third-order valence-electron chi connectivity index (χ3n) is 5.47. The molecule has 0 N–H and O–H groups in total. The molecule has 0 aliphatic rings. The normalized spacial score (nSPS) is 10.6.